The van der Waals surface area contributed by atoms with Crippen LogP contribution in [0.25, 0.3) is 0 Å². The molecule has 4 rings (SSSR count). The number of carbonyl (C=O) groups is 1. The Balaban J connectivity index is 1.56. The predicted molar refractivity (Wildman–Crippen MR) is 132 cm³/mol. The number of carboxylic acid groups (broad SMARTS) is 1. The van der Waals surface area contributed by atoms with Crippen LogP contribution >= 0.6 is 0 Å². The van der Waals surface area contributed by atoms with Crippen molar-refractivity contribution >= 4 is 5.97 Å². The zero-order valence-corrected chi connectivity index (χ0v) is 22.1. The molecule has 4 heteroatoms. The molecular weight excluding hydrogens is 412 g/mol. The van der Waals surface area contributed by atoms with E-state index in [0.717, 1.165) is 24.9 Å². The van der Waals surface area contributed by atoms with Crippen LogP contribution in [0.4, 0.5) is 0 Å². The summed E-state index contributed by atoms with van der Waals surface area (Å²) in [5, 5.41) is 9.23. The number of rotatable bonds is 8. The minimum atomic E-state index is -0.648. The SMILES string of the molecule is CCOC1CC2CC(OC(C)C)CCC2(C)C2CCC3(C)C(C(C)CCC(=O)O)CCC3C12. The van der Waals surface area contributed by atoms with Crippen LogP contribution in [0.3, 0.4) is 0 Å². The van der Waals surface area contributed by atoms with E-state index in [0.29, 0.717) is 59.2 Å². The maximum absolute atomic E-state index is 11.2. The Morgan fingerprint density at radius 3 is 2.36 bits per heavy atom. The highest BCUT2D eigenvalue weighted by Gasteiger charge is 2.63. The average Bonchev–Trinajstić information content (AvgIpc) is 3.10. The van der Waals surface area contributed by atoms with Crippen molar-refractivity contribution in [1.29, 1.82) is 0 Å². The number of carboxylic acids is 1. The van der Waals surface area contributed by atoms with Crippen molar-refractivity contribution in [2.45, 2.75) is 124 Å². The van der Waals surface area contributed by atoms with Crippen LogP contribution in [0.2, 0.25) is 0 Å². The zero-order valence-electron chi connectivity index (χ0n) is 22.1. The Hall–Kier alpha value is -0.610. The van der Waals surface area contributed by atoms with Gasteiger partial charge in [0.15, 0.2) is 0 Å². The molecule has 0 amide bonds. The lowest BCUT2D eigenvalue weighted by atomic mass is 9.43. The number of aliphatic carboxylic acids is 1. The van der Waals surface area contributed by atoms with Crippen molar-refractivity contribution in [2.24, 2.45) is 46.3 Å². The van der Waals surface area contributed by atoms with Crippen LogP contribution in [0.15, 0.2) is 0 Å². The van der Waals surface area contributed by atoms with Crippen molar-refractivity contribution in [1.82, 2.24) is 0 Å². The summed E-state index contributed by atoms with van der Waals surface area (Å²) >= 11 is 0. The van der Waals surface area contributed by atoms with Crippen LogP contribution in [0, 0.1) is 46.3 Å². The van der Waals surface area contributed by atoms with Crippen LogP contribution < -0.4 is 0 Å². The van der Waals surface area contributed by atoms with Gasteiger partial charge in [-0.25, -0.2) is 0 Å². The van der Waals surface area contributed by atoms with Crippen molar-refractivity contribution in [3.05, 3.63) is 0 Å². The summed E-state index contributed by atoms with van der Waals surface area (Å²) in [5.74, 6) is 3.38. The molecule has 4 aliphatic carbocycles. The number of hydrogen-bond donors (Lipinski definition) is 1. The topological polar surface area (TPSA) is 55.8 Å². The van der Waals surface area contributed by atoms with Crippen LogP contribution in [-0.2, 0) is 14.3 Å². The van der Waals surface area contributed by atoms with Gasteiger partial charge in [-0.05, 0) is 125 Å². The lowest BCUT2D eigenvalue weighted by molar-refractivity contribution is -0.192. The molecule has 190 valence electrons. The van der Waals surface area contributed by atoms with Crippen molar-refractivity contribution in [2.75, 3.05) is 6.61 Å². The summed E-state index contributed by atoms with van der Waals surface area (Å²) in [4.78, 5) is 11.2. The number of ether oxygens (including phenoxy) is 2. The summed E-state index contributed by atoms with van der Waals surface area (Å²) in [6, 6.07) is 0. The van der Waals surface area contributed by atoms with Crippen LogP contribution in [-0.4, -0.2) is 36.0 Å². The van der Waals surface area contributed by atoms with Crippen LogP contribution in [0.5, 0.6) is 0 Å². The maximum atomic E-state index is 11.2. The molecule has 0 saturated heterocycles. The van der Waals surface area contributed by atoms with Gasteiger partial charge in [0.1, 0.15) is 0 Å². The highest BCUT2D eigenvalue weighted by molar-refractivity contribution is 5.66. The molecule has 0 bridgehead atoms. The normalized spacial score (nSPS) is 45.8. The molecule has 0 aromatic carbocycles. The Morgan fingerprint density at radius 1 is 1.00 bits per heavy atom. The summed E-state index contributed by atoms with van der Waals surface area (Å²) in [6.07, 6.45) is 12.4. The predicted octanol–water partition coefficient (Wildman–Crippen LogP) is 6.95. The third-order valence-corrected chi connectivity index (χ3v) is 11.0. The van der Waals surface area contributed by atoms with Crippen molar-refractivity contribution in [3.8, 4) is 0 Å². The van der Waals surface area contributed by atoms with Gasteiger partial charge < -0.3 is 14.6 Å². The summed E-state index contributed by atoms with van der Waals surface area (Å²) in [6.45, 7) is 14.8. The molecule has 0 aromatic rings. The summed E-state index contributed by atoms with van der Waals surface area (Å²) in [7, 11) is 0. The van der Waals surface area contributed by atoms with Crippen molar-refractivity contribution < 1.29 is 19.4 Å². The van der Waals surface area contributed by atoms with E-state index in [2.05, 4.69) is 41.5 Å². The van der Waals surface area contributed by atoms with Gasteiger partial charge >= 0.3 is 5.97 Å². The molecule has 0 spiro atoms. The summed E-state index contributed by atoms with van der Waals surface area (Å²) < 4.78 is 12.9. The van der Waals surface area contributed by atoms with Gasteiger partial charge in [-0.1, -0.05) is 20.8 Å². The standard InChI is InChI=1S/C29H50O4/c1-7-32-25-17-20-16-21(33-18(2)3)12-14-28(20,5)24-13-15-29(6)22(9-10-23(29)27(24)25)19(4)8-11-26(30)31/h18-25,27H,7-17H2,1-6H3,(H,30,31). The molecule has 0 heterocycles. The van der Waals surface area contributed by atoms with Gasteiger partial charge in [-0.3, -0.25) is 4.79 Å². The van der Waals surface area contributed by atoms with E-state index < -0.39 is 5.97 Å². The van der Waals surface area contributed by atoms with E-state index in [1.165, 1.54) is 51.4 Å². The molecule has 4 aliphatic rings. The first-order chi connectivity index (χ1) is 15.6. The second-order valence-electron chi connectivity index (χ2n) is 12.9. The van der Waals surface area contributed by atoms with Gasteiger partial charge in [-0.15, -0.1) is 0 Å². The molecule has 10 unspecified atom stereocenters. The fraction of sp³-hybridized carbons (Fsp3) is 0.966. The third-order valence-electron chi connectivity index (χ3n) is 11.0. The van der Waals surface area contributed by atoms with Gasteiger partial charge in [0.25, 0.3) is 0 Å². The molecule has 0 aromatic heterocycles. The lowest BCUT2D eigenvalue weighted by Gasteiger charge is -2.63. The molecule has 0 aliphatic heterocycles. The first kappa shape index (κ1) is 25.5. The minimum absolute atomic E-state index is 0.311. The average molecular weight is 463 g/mol. The maximum Gasteiger partial charge on any atom is 0.303 e. The summed E-state index contributed by atoms with van der Waals surface area (Å²) in [5.41, 5.74) is 0.763. The monoisotopic (exact) mass is 462 g/mol. The molecule has 4 saturated carbocycles. The molecule has 4 nitrogen and oxygen atoms in total. The van der Waals surface area contributed by atoms with Gasteiger partial charge in [-0.2, -0.15) is 0 Å². The van der Waals surface area contributed by atoms with E-state index in [1.54, 1.807) is 0 Å². The molecular formula is C29H50O4. The van der Waals surface area contributed by atoms with Crippen molar-refractivity contribution in [3.63, 3.8) is 0 Å². The molecule has 4 fully saturated rings. The van der Waals surface area contributed by atoms with Gasteiger partial charge in [0, 0.05) is 13.0 Å². The van der Waals surface area contributed by atoms with E-state index >= 15 is 0 Å². The quantitative estimate of drug-likeness (QED) is 0.424. The second-order valence-corrected chi connectivity index (χ2v) is 12.9. The molecule has 1 N–H and O–H groups in total. The highest BCUT2D eigenvalue weighted by atomic mass is 16.5. The first-order valence-corrected chi connectivity index (χ1v) is 14.1. The van der Waals surface area contributed by atoms with E-state index in [-0.39, 0.29) is 0 Å². The second kappa shape index (κ2) is 9.80. The molecule has 0 radical (unpaired) electrons. The molecule has 10 atom stereocenters. The number of fused-ring (bicyclic) bond motifs is 5. The Bertz CT molecular complexity index is 691. The van der Waals surface area contributed by atoms with Crippen LogP contribution in [0.1, 0.15) is 106 Å². The van der Waals surface area contributed by atoms with Gasteiger partial charge in [0.2, 0.25) is 0 Å². The van der Waals surface area contributed by atoms with E-state index in [4.69, 9.17) is 9.47 Å². The zero-order chi connectivity index (χ0) is 24.0. The Kier molecular flexibility index (Phi) is 7.57. The first-order valence-electron chi connectivity index (χ1n) is 14.1. The third kappa shape index (κ3) is 4.65. The molecule has 33 heavy (non-hydrogen) atoms. The Morgan fingerprint density at radius 2 is 1.70 bits per heavy atom. The fourth-order valence-corrected chi connectivity index (χ4v) is 9.58. The van der Waals surface area contributed by atoms with Gasteiger partial charge in [0.05, 0.1) is 18.3 Å². The highest BCUT2D eigenvalue weighted by Crippen LogP contribution is 2.68. The van der Waals surface area contributed by atoms with E-state index in [9.17, 15) is 9.90 Å². The Labute approximate surface area is 202 Å². The largest absolute Gasteiger partial charge is 0.481 e. The lowest BCUT2D eigenvalue weighted by Crippen LogP contribution is -2.59. The minimum Gasteiger partial charge on any atom is -0.481 e. The van der Waals surface area contributed by atoms with E-state index in [1.807, 2.05) is 0 Å². The smallest absolute Gasteiger partial charge is 0.303 e. The number of hydrogen-bond acceptors (Lipinski definition) is 3. The fourth-order valence-electron chi connectivity index (χ4n) is 9.58.